The first-order valence-corrected chi connectivity index (χ1v) is 5.11. The molecule has 0 spiro atoms. The largest absolute Gasteiger partial charge is 0.330 e. The van der Waals surface area contributed by atoms with Crippen molar-refractivity contribution in [1.29, 1.82) is 0 Å². The van der Waals surface area contributed by atoms with Crippen LogP contribution in [0.25, 0.3) is 0 Å². The molecule has 0 saturated heterocycles. The smallest absolute Gasteiger partial charge is 0.0408 e. The van der Waals surface area contributed by atoms with Gasteiger partial charge in [-0.3, -0.25) is 0 Å². The average molecular weight is 213 g/mol. The molecule has 78 valence electrons. The van der Waals surface area contributed by atoms with E-state index >= 15 is 0 Å². The lowest BCUT2D eigenvalue weighted by molar-refractivity contribution is 0.375. The fourth-order valence-electron chi connectivity index (χ4n) is 1.52. The molecule has 1 unspecified atom stereocenters. The van der Waals surface area contributed by atoms with Crippen molar-refractivity contribution in [2.75, 3.05) is 27.2 Å². The quantitative estimate of drug-likeness (QED) is 0.827. The molecule has 14 heavy (non-hydrogen) atoms. The summed E-state index contributed by atoms with van der Waals surface area (Å²) >= 11 is 5.93. The molecule has 0 amide bonds. The highest BCUT2D eigenvalue weighted by molar-refractivity contribution is 6.30. The maximum atomic E-state index is 5.93. The Morgan fingerprint density at radius 1 is 1.43 bits per heavy atom. The van der Waals surface area contributed by atoms with Gasteiger partial charge in [0.15, 0.2) is 0 Å². The first kappa shape index (κ1) is 11.5. The van der Waals surface area contributed by atoms with Crippen molar-refractivity contribution in [2.24, 2.45) is 5.73 Å². The second kappa shape index (κ2) is 5.35. The Kier molecular flexibility index (Phi) is 4.39. The first-order valence-electron chi connectivity index (χ1n) is 4.73. The van der Waals surface area contributed by atoms with E-state index in [1.165, 1.54) is 5.56 Å². The summed E-state index contributed by atoms with van der Waals surface area (Å²) in [5.74, 6) is 0.365. The van der Waals surface area contributed by atoms with Crippen LogP contribution in [0.5, 0.6) is 0 Å². The number of halogens is 1. The predicted octanol–water partition coefficient (Wildman–Crippen LogP) is 1.94. The third-order valence-corrected chi connectivity index (χ3v) is 2.43. The van der Waals surface area contributed by atoms with Gasteiger partial charge in [0, 0.05) is 24.0 Å². The summed E-state index contributed by atoms with van der Waals surface area (Å²) in [5.41, 5.74) is 6.95. The molecule has 1 aromatic rings. The van der Waals surface area contributed by atoms with E-state index in [2.05, 4.69) is 11.0 Å². The molecule has 0 radical (unpaired) electrons. The molecule has 0 heterocycles. The van der Waals surface area contributed by atoms with Crippen LogP contribution >= 0.6 is 11.6 Å². The topological polar surface area (TPSA) is 29.3 Å². The first-order chi connectivity index (χ1) is 6.63. The minimum absolute atomic E-state index is 0.365. The molecule has 0 fully saturated rings. The van der Waals surface area contributed by atoms with Crippen LogP contribution in [0.4, 0.5) is 0 Å². The molecule has 2 nitrogen and oxygen atoms in total. The van der Waals surface area contributed by atoms with Gasteiger partial charge in [0.05, 0.1) is 0 Å². The molecule has 2 N–H and O–H groups in total. The zero-order valence-corrected chi connectivity index (χ0v) is 9.46. The SMILES string of the molecule is CN(C)CC(CN)c1cccc(Cl)c1. The average Bonchev–Trinajstić information content (AvgIpc) is 2.14. The summed E-state index contributed by atoms with van der Waals surface area (Å²) in [7, 11) is 4.10. The summed E-state index contributed by atoms with van der Waals surface area (Å²) in [6.45, 7) is 1.61. The fourth-order valence-corrected chi connectivity index (χ4v) is 1.72. The van der Waals surface area contributed by atoms with Crippen LogP contribution < -0.4 is 5.73 Å². The lowest BCUT2D eigenvalue weighted by Crippen LogP contribution is -2.25. The number of benzene rings is 1. The van der Waals surface area contributed by atoms with E-state index in [9.17, 15) is 0 Å². The molecule has 0 aliphatic carbocycles. The highest BCUT2D eigenvalue weighted by Crippen LogP contribution is 2.19. The molecule has 0 aromatic heterocycles. The minimum atomic E-state index is 0.365. The van der Waals surface area contributed by atoms with Gasteiger partial charge in [0.2, 0.25) is 0 Å². The van der Waals surface area contributed by atoms with E-state index in [1.54, 1.807) is 0 Å². The predicted molar refractivity (Wildman–Crippen MR) is 61.8 cm³/mol. The molecule has 0 saturated carbocycles. The number of rotatable bonds is 4. The maximum absolute atomic E-state index is 5.93. The molecule has 1 rings (SSSR count). The van der Waals surface area contributed by atoms with Crippen molar-refractivity contribution in [3.8, 4) is 0 Å². The van der Waals surface area contributed by atoms with Gasteiger partial charge in [-0.05, 0) is 31.8 Å². The molecule has 0 aliphatic heterocycles. The van der Waals surface area contributed by atoms with Crippen molar-refractivity contribution in [2.45, 2.75) is 5.92 Å². The van der Waals surface area contributed by atoms with Crippen molar-refractivity contribution in [1.82, 2.24) is 4.90 Å². The van der Waals surface area contributed by atoms with Gasteiger partial charge in [-0.1, -0.05) is 23.7 Å². The highest BCUT2D eigenvalue weighted by Gasteiger charge is 2.10. The Morgan fingerprint density at radius 2 is 2.14 bits per heavy atom. The molecule has 3 heteroatoms. The van der Waals surface area contributed by atoms with Gasteiger partial charge >= 0.3 is 0 Å². The summed E-state index contributed by atoms with van der Waals surface area (Å²) in [6.07, 6.45) is 0. The third-order valence-electron chi connectivity index (χ3n) is 2.19. The summed E-state index contributed by atoms with van der Waals surface area (Å²) in [4.78, 5) is 2.14. The maximum Gasteiger partial charge on any atom is 0.0408 e. The van der Waals surface area contributed by atoms with E-state index in [1.807, 2.05) is 32.3 Å². The van der Waals surface area contributed by atoms with Crippen LogP contribution in [0.15, 0.2) is 24.3 Å². The van der Waals surface area contributed by atoms with Crippen LogP contribution in [0.1, 0.15) is 11.5 Å². The summed E-state index contributed by atoms with van der Waals surface area (Å²) < 4.78 is 0. The van der Waals surface area contributed by atoms with Gasteiger partial charge < -0.3 is 10.6 Å². The van der Waals surface area contributed by atoms with Gasteiger partial charge in [-0.2, -0.15) is 0 Å². The zero-order valence-electron chi connectivity index (χ0n) is 8.70. The van der Waals surface area contributed by atoms with Gasteiger partial charge in [0.1, 0.15) is 0 Å². The van der Waals surface area contributed by atoms with Crippen molar-refractivity contribution in [3.05, 3.63) is 34.9 Å². The Bertz CT molecular complexity index is 286. The van der Waals surface area contributed by atoms with Gasteiger partial charge in [-0.15, -0.1) is 0 Å². The highest BCUT2D eigenvalue weighted by atomic mass is 35.5. The minimum Gasteiger partial charge on any atom is -0.330 e. The van der Waals surface area contributed by atoms with E-state index in [0.717, 1.165) is 11.6 Å². The van der Waals surface area contributed by atoms with E-state index in [0.29, 0.717) is 12.5 Å². The van der Waals surface area contributed by atoms with Crippen LogP contribution in [-0.2, 0) is 0 Å². The van der Waals surface area contributed by atoms with E-state index in [4.69, 9.17) is 17.3 Å². The van der Waals surface area contributed by atoms with Crippen LogP contribution in [0.3, 0.4) is 0 Å². The number of likely N-dealkylation sites (N-methyl/N-ethyl adjacent to an activating group) is 1. The summed E-state index contributed by atoms with van der Waals surface area (Å²) in [6, 6.07) is 7.92. The number of nitrogens with zero attached hydrogens (tertiary/aromatic N) is 1. The molecule has 0 aliphatic rings. The van der Waals surface area contributed by atoms with Gasteiger partial charge in [-0.25, -0.2) is 0 Å². The van der Waals surface area contributed by atoms with E-state index < -0.39 is 0 Å². The Labute approximate surface area is 90.7 Å². The van der Waals surface area contributed by atoms with Crippen molar-refractivity contribution < 1.29 is 0 Å². The number of nitrogens with two attached hydrogens (primary N) is 1. The normalized spacial score (nSPS) is 13.2. The lowest BCUT2D eigenvalue weighted by atomic mass is 9.99. The van der Waals surface area contributed by atoms with Crippen LogP contribution in [-0.4, -0.2) is 32.1 Å². The Morgan fingerprint density at radius 3 is 2.64 bits per heavy atom. The summed E-state index contributed by atoms with van der Waals surface area (Å²) in [5, 5.41) is 0.778. The van der Waals surface area contributed by atoms with Gasteiger partial charge in [0.25, 0.3) is 0 Å². The van der Waals surface area contributed by atoms with E-state index in [-0.39, 0.29) is 0 Å². The Balaban J connectivity index is 2.78. The standard InChI is InChI=1S/C11H17ClN2/c1-14(2)8-10(7-13)9-4-3-5-11(12)6-9/h3-6,10H,7-8,13H2,1-2H3. The molecular weight excluding hydrogens is 196 g/mol. The monoisotopic (exact) mass is 212 g/mol. The van der Waals surface area contributed by atoms with Crippen LogP contribution in [0, 0.1) is 0 Å². The molecular formula is C11H17ClN2. The Hall–Kier alpha value is -0.570. The number of hydrogen-bond donors (Lipinski definition) is 1. The molecule has 1 atom stereocenters. The van der Waals surface area contributed by atoms with Crippen molar-refractivity contribution >= 4 is 11.6 Å². The lowest BCUT2D eigenvalue weighted by Gasteiger charge is -2.19. The third kappa shape index (κ3) is 3.29. The second-order valence-electron chi connectivity index (χ2n) is 3.75. The molecule has 0 bridgehead atoms. The zero-order chi connectivity index (χ0) is 10.6. The van der Waals surface area contributed by atoms with Crippen molar-refractivity contribution in [3.63, 3.8) is 0 Å². The molecule has 1 aromatic carbocycles. The second-order valence-corrected chi connectivity index (χ2v) is 4.19. The van der Waals surface area contributed by atoms with Crippen LogP contribution in [0.2, 0.25) is 5.02 Å². The number of hydrogen-bond acceptors (Lipinski definition) is 2. The fraction of sp³-hybridized carbons (Fsp3) is 0.455.